The van der Waals surface area contributed by atoms with Crippen LogP contribution in [0.2, 0.25) is 0 Å². The van der Waals surface area contributed by atoms with Crippen LogP contribution in [0.5, 0.6) is 0 Å². The van der Waals surface area contributed by atoms with Crippen LogP contribution in [0.15, 0.2) is 23.1 Å². The summed E-state index contributed by atoms with van der Waals surface area (Å²) in [5.41, 5.74) is 0.279. The van der Waals surface area contributed by atoms with Gasteiger partial charge in [-0.05, 0) is 38.4 Å². The van der Waals surface area contributed by atoms with Crippen LogP contribution in [0.1, 0.15) is 31.2 Å². The van der Waals surface area contributed by atoms with Crippen molar-refractivity contribution in [2.75, 3.05) is 26.2 Å². The Morgan fingerprint density at radius 3 is 2.48 bits per heavy atom. The van der Waals surface area contributed by atoms with Crippen molar-refractivity contribution in [1.82, 2.24) is 9.62 Å². The molecular formula is C15H23N3O4S. The van der Waals surface area contributed by atoms with E-state index in [-0.39, 0.29) is 10.6 Å². The molecule has 0 aromatic heterocycles. The number of sulfonamides is 1. The zero-order chi connectivity index (χ0) is 16.9. The Labute approximate surface area is 136 Å². The fourth-order valence-electron chi connectivity index (χ4n) is 2.77. The maximum atomic E-state index is 12.4. The van der Waals surface area contributed by atoms with Crippen LogP contribution in [0.25, 0.3) is 0 Å². The summed E-state index contributed by atoms with van der Waals surface area (Å²) in [5.74, 6) is 0. The molecule has 0 radical (unpaired) electrons. The van der Waals surface area contributed by atoms with Crippen molar-refractivity contribution >= 4 is 15.7 Å². The van der Waals surface area contributed by atoms with Crippen molar-refractivity contribution < 1.29 is 13.3 Å². The van der Waals surface area contributed by atoms with Gasteiger partial charge in [0, 0.05) is 25.2 Å². The molecule has 1 fully saturated rings. The summed E-state index contributed by atoms with van der Waals surface area (Å²) in [4.78, 5) is 12.5. The van der Waals surface area contributed by atoms with E-state index in [4.69, 9.17) is 0 Å². The van der Waals surface area contributed by atoms with Gasteiger partial charge in [0.25, 0.3) is 5.69 Å². The van der Waals surface area contributed by atoms with Gasteiger partial charge in [-0.3, -0.25) is 10.1 Å². The molecule has 0 atom stereocenters. The summed E-state index contributed by atoms with van der Waals surface area (Å²) in [7, 11) is -3.74. The van der Waals surface area contributed by atoms with Gasteiger partial charge in [0.1, 0.15) is 0 Å². The molecule has 23 heavy (non-hydrogen) atoms. The molecule has 1 saturated heterocycles. The molecule has 1 aliphatic heterocycles. The van der Waals surface area contributed by atoms with Gasteiger partial charge >= 0.3 is 0 Å². The highest BCUT2D eigenvalue weighted by Crippen LogP contribution is 2.21. The summed E-state index contributed by atoms with van der Waals surface area (Å²) >= 11 is 0. The number of aryl methyl sites for hydroxylation is 1. The van der Waals surface area contributed by atoms with Gasteiger partial charge in [-0.25, -0.2) is 13.1 Å². The van der Waals surface area contributed by atoms with Gasteiger partial charge in [0.05, 0.1) is 9.82 Å². The Morgan fingerprint density at radius 2 is 1.87 bits per heavy atom. The van der Waals surface area contributed by atoms with Crippen molar-refractivity contribution in [2.24, 2.45) is 0 Å². The Kier molecular flexibility index (Phi) is 6.09. The first-order chi connectivity index (χ1) is 10.9. The summed E-state index contributed by atoms with van der Waals surface area (Å²) < 4.78 is 27.3. The molecular weight excluding hydrogens is 318 g/mol. The van der Waals surface area contributed by atoms with Crippen LogP contribution in [-0.2, 0) is 10.0 Å². The Hall–Kier alpha value is -1.51. The lowest BCUT2D eigenvalue weighted by Gasteiger charge is -2.19. The quantitative estimate of drug-likeness (QED) is 0.631. The molecule has 1 aromatic carbocycles. The van der Waals surface area contributed by atoms with E-state index in [1.807, 2.05) is 0 Å². The summed E-state index contributed by atoms with van der Waals surface area (Å²) in [6.45, 7) is 4.60. The van der Waals surface area contributed by atoms with Gasteiger partial charge in [-0.2, -0.15) is 0 Å². The molecule has 0 spiro atoms. The predicted octanol–water partition coefficient (Wildman–Crippen LogP) is 2.06. The monoisotopic (exact) mass is 341 g/mol. The molecule has 0 unspecified atom stereocenters. The number of rotatable bonds is 6. The van der Waals surface area contributed by atoms with E-state index >= 15 is 0 Å². The van der Waals surface area contributed by atoms with Crippen LogP contribution >= 0.6 is 0 Å². The fourth-order valence-corrected chi connectivity index (χ4v) is 4.05. The van der Waals surface area contributed by atoms with E-state index in [1.54, 1.807) is 6.92 Å². The molecule has 0 saturated carbocycles. The number of nitro groups is 1. The fraction of sp³-hybridized carbons (Fsp3) is 0.600. The minimum absolute atomic E-state index is 0.0254. The second-order valence-electron chi connectivity index (χ2n) is 5.86. The molecule has 0 bridgehead atoms. The van der Waals surface area contributed by atoms with Gasteiger partial charge in [-0.1, -0.05) is 18.9 Å². The van der Waals surface area contributed by atoms with Gasteiger partial charge in [0.2, 0.25) is 10.0 Å². The topological polar surface area (TPSA) is 92.5 Å². The second kappa shape index (κ2) is 7.85. The largest absolute Gasteiger partial charge is 0.302 e. The minimum atomic E-state index is -3.74. The number of likely N-dealkylation sites (tertiary alicyclic amines) is 1. The molecule has 0 amide bonds. The van der Waals surface area contributed by atoms with Crippen LogP contribution in [0, 0.1) is 17.0 Å². The van der Waals surface area contributed by atoms with E-state index in [1.165, 1.54) is 25.0 Å². The Balaban J connectivity index is 2.01. The predicted molar refractivity (Wildman–Crippen MR) is 87.9 cm³/mol. The van der Waals surface area contributed by atoms with E-state index in [0.717, 1.165) is 32.0 Å². The third-order valence-corrected chi connectivity index (χ3v) is 5.69. The van der Waals surface area contributed by atoms with Crippen LogP contribution in [0.3, 0.4) is 0 Å². The molecule has 1 heterocycles. The van der Waals surface area contributed by atoms with E-state index < -0.39 is 14.9 Å². The maximum absolute atomic E-state index is 12.4. The highest BCUT2D eigenvalue weighted by atomic mass is 32.2. The number of hydrogen-bond acceptors (Lipinski definition) is 5. The zero-order valence-electron chi connectivity index (χ0n) is 13.3. The highest BCUT2D eigenvalue weighted by molar-refractivity contribution is 7.89. The maximum Gasteiger partial charge on any atom is 0.270 e. The molecule has 0 aliphatic carbocycles. The number of nitrogens with zero attached hydrogens (tertiary/aromatic N) is 2. The molecule has 8 heteroatoms. The third kappa shape index (κ3) is 4.98. The van der Waals surface area contributed by atoms with Crippen molar-refractivity contribution in [3.63, 3.8) is 0 Å². The SMILES string of the molecule is Cc1ccc([N+](=O)[O-])cc1S(=O)(=O)NCCN1CCCCCC1. The molecule has 1 aliphatic rings. The van der Waals surface area contributed by atoms with E-state index in [0.29, 0.717) is 18.7 Å². The average molecular weight is 341 g/mol. The van der Waals surface area contributed by atoms with Gasteiger partial charge in [0.15, 0.2) is 0 Å². The normalized spacial score (nSPS) is 16.9. The number of nitrogens with one attached hydrogen (secondary N) is 1. The lowest BCUT2D eigenvalue weighted by Crippen LogP contribution is -2.35. The molecule has 2 rings (SSSR count). The van der Waals surface area contributed by atoms with E-state index in [2.05, 4.69) is 9.62 Å². The first-order valence-electron chi connectivity index (χ1n) is 7.87. The summed E-state index contributed by atoms with van der Waals surface area (Å²) in [6, 6.07) is 3.89. The molecule has 1 N–H and O–H groups in total. The molecule has 7 nitrogen and oxygen atoms in total. The number of nitro benzene ring substituents is 1. The van der Waals surface area contributed by atoms with Crippen LogP contribution < -0.4 is 4.72 Å². The van der Waals surface area contributed by atoms with Crippen LogP contribution in [-0.4, -0.2) is 44.4 Å². The number of non-ortho nitro benzene ring substituents is 1. The van der Waals surface area contributed by atoms with Crippen molar-refractivity contribution in [3.05, 3.63) is 33.9 Å². The van der Waals surface area contributed by atoms with Crippen molar-refractivity contribution in [3.8, 4) is 0 Å². The van der Waals surface area contributed by atoms with Crippen LogP contribution in [0.4, 0.5) is 5.69 Å². The van der Waals surface area contributed by atoms with Gasteiger partial charge in [-0.15, -0.1) is 0 Å². The average Bonchev–Trinajstić information content (AvgIpc) is 2.76. The van der Waals surface area contributed by atoms with Gasteiger partial charge < -0.3 is 4.90 Å². The number of hydrogen-bond donors (Lipinski definition) is 1. The highest BCUT2D eigenvalue weighted by Gasteiger charge is 2.20. The number of benzene rings is 1. The summed E-state index contributed by atoms with van der Waals surface area (Å²) in [5, 5.41) is 10.8. The van der Waals surface area contributed by atoms with Crippen molar-refractivity contribution in [1.29, 1.82) is 0 Å². The first-order valence-corrected chi connectivity index (χ1v) is 9.35. The minimum Gasteiger partial charge on any atom is -0.302 e. The zero-order valence-corrected chi connectivity index (χ0v) is 14.1. The standard InChI is InChI=1S/C15H23N3O4S/c1-13-6-7-14(18(19)20)12-15(13)23(21,22)16-8-11-17-9-4-2-3-5-10-17/h6-7,12,16H,2-5,8-11H2,1H3. The lowest BCUT2D eigenvalue weighted by molar-refractivity contribution is -0.385. The second-order valence-corrected chi connectivity index (χ2v) is 7.60. The molecule has 128 valence electrons. The summed E-state index contributed by atoms with van der Waals surface area (Å²) in [6.07, 6.45) is 4.76. The smallest absolute Gasteiger partial charge is 0.270 e. The van der Waals surface area contributed by atoms with E-state index in [9.17, 15) is 18.5 Å². The van der Waals surface area contributed by atoms with Crippen molar-refractivity contribution in [2.45, 2.75) is 37.5 Å². The first kappa shape index (κ1) is 17.8. The molecule has 1 aromatic rings. The Bertz CT molecular complexity index is 653. The third-order valence-electron chi connectivity index (χ3n) is 4.09. The lowest BCUT2D eigenvalue weighted by atomic mass is 10.2. The Morgan fingerprint density at radius 1 is 1.22 bits per heavy atom.